The van der Waals surface area contributed by atoms with Crippen LogP contribution < -0.4 is 5.32 Å². The lowest BCUT2D eigenvalue weighted by atomic mass is 10.1. The van der Waals surface area contributed by atoms with Gasteiger partial charge < -0.3 is 9.88 Å². The molecule has 1 aromatic carbocycles. The molecule has 1 aromatic heterocycles. The Balaban J connectivity index is 1.53. The molecule has 0 radical (unpaired) electrons. The molecule has 2 nitrogen and oxygen atoms in total. The molecule has 0 aliphatic heterocycles. The van der Waals surface area contributed by atoms with Crippen LogP contribution in [0.25, 0.3) is 0 Å². The Hall–Kier alpha value is -1.54. The van der Waals surface area contributed by atoms with Gasteiger partial charge in [-0.2, -0.15) is 0 Å². The molecule has 100 valence electrons. The second kappa shape index (κ2) is 5.62. The smallest absolute Gasteiger partial charge is 0.0223 e. The highest BCUT2D eigenvalue weighted by atomic mass is 15.0. The summed E-state index contributed by atoms with van der Waals surface area (Å²) in [5.74, 6) is 0. The van der Waals surface area contributed by atoms with Crippen LogP contribution in [0.3, 0.4) is 0 Å². The molecule has 0 atom stereocenters. The van der Waals surface area contributed by atoms with Gasteiger partial charge in [0.1, 0.15) is 0 Å². The Labute approximate surface area is 115 Å². The number of fused-ring (bicyclic) bond motifs is 1. The molecule has 0 unspecified atom stereocenters. The number of benzene rings is 1. The fourth-order valence-corrected chi connectivity index (χ4v) is 2.96. The van der Waals surface area contributed by atoms with Crippen molar-refractivity contribution < 1.29 is 0 Å². The lowest BCUT2D eigenvalue weighted by Crippen LogP contribution is -2.28. The summed E-state index contributed by atoms with van der Waals surface area (Å²) in [6.07, 6.45) is 7.99. The Kier molecular flexibility index (Phi) is 3.69. The van der Waals surface area contributed by atoms with Gasteiger partial charge in [-0.1, -0.05) is 31.2 Å². The summed E-state index contributed by atoms with van der Waals surface area (Å²) in [4.78, 5) is 0. The fraction of sp³-hybridized carbons (Fsp3) is 0.412. The SMILES string of the molecule is CCCn1ccc(CNC2Cc3ccccc3C2)c1. The first-order valence-electron chi connectivity index (χ1n) is 7.30. The highest BCUT2D eigenvalue weighted by Gasteiger charge is 2.19. The number of rotatable bonds is 5. The summed E-state index contributed by atoms with van der Waals surface area (Å²) in [6, 6.07) is 11.6. The lowest BCUT2D eigenvalue weighted by Gasteiger charge is -2.10. The van der Waals surface area contributed by atoms with Crippen molar-refractivity contribution in [2.75, 3.05) is 0 Å². The predicted octanol–water partition coefficient (Wildman–Crippen LogP) is 3.16. The van der Waals surface area contributed by atoms with E-state index in [0.717, 1.165) is 13.1 Å². The molecule has 0 spiro atoms. The predicted molar refractivity (Wildman–Crippen MR) is 79.2 cm³/mol. The van der Waals surface area contributed by atoms with E-state index >= 15 is 0 Å². The summed E-state index contributed by atoms with van der Waals surface area (Å²) < 4.78 is 2.28. The van der Waals surface area contributed by atoms with E-state index in [-0.39, 0.29) is 0 Å². The van der Waals surface area contributed by atoms with E-state index in [1.807, 2.05) is 0 Å². The summed E-state index contributed by atoms with van der Waals surface area (Å²) in [5, 5.41) is 3.69. The fourth-order valence-electron chi connectivity index (χ4n) is 2.96. The first kappa shape index (κ1) is 12.5. The van der Waals surface area contributed by atoms with Crippen LogP contribution in [0.1, 0.15) is 30.0 Å². The number of aryl methyl sites for hydroxylation is 1. The molecule has 1 N–H and O–H groups in total. The molecule has 0 saturated carbocycles. The van der Waals surface area contributed by atoms with Crippen LogP contribution in [-0.2, 0) is 25.9 Å². The number of nitrogens with one attached hydrogen (secondary N) is 1. The molecular formula is C17H22N2. The zero-order chi connectivity index (χ0) is 13.1. The van der Waals surface area contributed by atoms with E-state index in [1.165, 1.54) is 36.0 Å². The average molecular weight is 254 g/mol. The maximum atomic E-state index is 3.69. The van der Waals surface area contributed by atoms with E-state index < -0.39 is 0 Å². The van der Waals surface area contributed by atoms with Crippen molar-refractivity contribution >= 4 is 0 Å². The monoisotopic (exact) mass is 254 g/mol. The molecule has 2 heteroatoms. The van der Waals surface area contributed by atoms with Gasteiger partial charge in [0.2, 0.25) is 0 Å². The van der Waals surface area contributed by atoms with Gasteiger partial charge in [-0.05, 0) is 42.0 Å². The second-order valence-electron chi connectivity index (χ2n) is 5.51. The topological polar surface area (TPSA) is 17.0 Å². The van der Waals surface area contributed by atoms with Gasteiger partial charge in [0.15, 0.2) is 0 Å². The molecule has 0 saturated heterocycles. The normalized spacial score (nSPS) is 14.8. The second-order valence-corrected chi connectivity index (χ2v) is 5.51. The number of hydrogen-bond donors (Lipinski definition) is 1. The number of aromatic nitrogens is 1. The van der Waals surface area contributed by atoms with Crippen molar-refractivity contribution in [1.29, 1.82) is 0 Å². The van der Waals surface area contributed by atoms with Crippen LogP contribution >= 0.6 is 0 Å². The summed E-state index contributed by atoms with van der Waals surface area (Å²) in [6.45, 7) is 4.32. The summed E-state index contributed by atoms with van der Waals surface area (Å²) >= 11 is 0. The van der Waals surface area contributed by atoms with Gasteiger partial charge in [0.05, 0.1) is 0 Å². The van der Waals surface area contributed by atoms with E-state index in [2.05, 4.69) is 59.5 Å². The first-order valence-corrected chi connectivity index (χ1v) is 7.30. The Bertz CT molecular complexity index is 517. The van der Waals surface area contributed by atoms with Crippen molar-refractivity contribution in [3.63, 3.8) is 0 Å². The third-order valence-corrected chi connectivity index (χ3v) is 3.94. The zero-order valence-corrected chi connectivity index (χ0v) is 11.6. The van der Waals surface area contributed by atoms with Gasteiger partial charge in [-0.15, -0.1) is 0 Å². The minimum atomic E-state index is 0.604. The van der Waals surface area contributed by atoms with Gasteiger partial charge in [0, 0.05) is 31.5 Å². The molecule has 0 amide bonds. The zero-order valence-electron chi connectivity index (χ0n) is 11.6. The molecule has 19 heavy (non-hydrogen) atoms. The molecule has 3 rings (SSSR count). The van der Waals surface area contributed by atoms with Crippen molar-refractivity contribution in [3.05, 3.63) is 59.4 Å². The number of hydrogen-bond acceptors (Lipinski definition) is 1. The molecule has 0 fully saturated rings. The molecule has 1 heterocycles. The van der Waals surface area contributed by atoms with Crippen molar-refractivity contribution in [2.24, 2.45) is 0 Å². The molecule has 0 bridgehead atoms. The third kappa shape index (κ3) is 2.90. The standard InChI is InChI=1S/C17H22N2/c1-2-8-19-9-7-14(13-19)12-18-17-10-15-5-3-4-6-16(15)11-17/h3-7,9,13,17-18H,2,8,10-12H2,1H3. The van der Waals surface area contributed by atoms with Crippen LogP contribution in [-0.4, -0.2) is 10.6 Å². The number of nitrogens with zero attached hydrogens (tertiary/aromatic N) is 1. The van der Waals surface area contributed by atoms with Gasteiger partial charge in [0.25, 0.3) is 0 Å². The van der Waals surface area contributed by atoms with Crippen molar-refractivity contribution in [3.8, 4) is 0 Å². The maximum Gasteiger partial charge on any atom is 0.0223 e. The maximum absolute atomic E-state index is 3.69. The molecular weight excluding hydrogens is 232 g/mol. The van der Waals surface area contributed by atoms with Crippen molar-refractivity contribution in [2.45, 2.75) is 45.3 Å². The third-order valence-electron chi connectivity index (χ3n) is 3.94. The highest BCUT2D eigenvalue weighted by molar-refractivity contribution is 5.33. The minimum Gasteiger partial charge on any atom is -0.354 e. The van der Waals surface area contributed by atoms with Gasteiger partial charge >= 0.3 is 0 Å². The average Bonchev–Trinajstić information content (AvgIpc) is 3.02. The van der Waals surface area contributed by atoms with E-state index in [0.29, 0.717) is 6.04 Å². The quantitative estimate of drug-likeness (QED) is 0.867. The molecule has 1 aliphatic rings. The van der Waals surface area contributed by atoms with Crippen LogP contribution in [0.5, 0.6) is 0 Å². The largest absolute Gasteiger partial charge is 0.354 e. The highest BCUT2D eigenvalue weighted by Crippen LogP contribution is 2.21. The van der Waals surface area contributed by atoms with E-state index in [9.17, 15) is 0 Å². The first-order chi connectivity index (χ1) is 9.35. The molecule has 2 aromatic rings. The Morgan fingerprint density at radius 3 is 2.58 bits per heavy atom. The van der Waals surface area contributed by atoms with Crippen LogP contribution in [0.4, 0.5) is 0 Å². The molecule has 1 aliphatic carbocycles. The minimum absolute atomic E-state index is 0.604. The van der Waals surface area contributed by atoms with Crippen LogP contribution in [0.2, 0.25) is 0 Å². The van der Waals surface area contributed by atoms with Gasteiger partial charge in [-0.25, -0.2) is 0 Å². The van der Waals surface area contributed by atoms with Crippen LogP contribution in [0, 0.1) is 0 Å². The van der Waals surface area contributed by atoms with Crippen LogP contribution in [0.15, 0.2) is 42.7 Å². The summed E-state index contributed by atoms with van der Waals surface area (Å²) in [7, 11) is 0. The Morgan fingerprint density at radius 1 is 1.16 bits per heavy atom. The Morgan fingerprint density at radius 2 is 1.89 bits per heavy atom. The van der Waals surface area contributed by atoms with Crippen molar-refractivity contribution in [1.82, 2.24) is 9.88 Å². The van der Waals surface area contributed by atoms with E-state index in [4.69, 9.17) is 0 Å². The van der Waals surface area contributed by atoms with Gasteiger partial charge in [-0.3, -0.25) is 0 Å². The summed E-state index contributed by atoms with van der Waals surface area (Å²) in [5.41, 5.74) is 4.43. The van der Waals surface area contributed by atoms with E-state index in [1.54, 1.807) is 0 Å². The lowest BCUT2D eigenvalue weighted by molar-refractivity contribution is 0.532.